The Morgan fingerprint density at radius 1 is 1.17 bits per heavy atom. The van der Waals surface area contributed by atoms with Gasteiger partial charge in [-0.1, -0.05) is 31.2 Å². The van der Waals surface area contributed by atoms with Crippen LogP contribution in [0.3, 0.4) is 0 Å². The largest absolute Gasteiger partial charge is 0.488 e. The SMILES string of the molecule is CCc1[nH]nc(NCc2ccccc2OCc2cccnc2)c1C. The van der Waals surface area contributed by atoms with E-state index in [0.717, 1.165) is 29.1 Å². The Kier molecular flexibility index (Phi) is 5.11. The summed E-state index contributed by atoms with van der Waals surface area (Å²) in [6.45, 7) is 5.37. The summed E-state index contributed by atoms with van der Waals surface area (Å²) in [5, 5.41) is 10.8. The minimum absolute atomic E-state index is 0.506. The van der Waals surface area contributed by atoms with Crippen LogP contribution in [0.15, 0.2) is 48.8 Å². The van der Waals surface area contributed by atoms with Crippen LogP contribution in [0.4, 0.5) is 5.82 Å². The fourth-order valence-corrected chi connectivity index (χ4v) is 2.56. The van der Waals surface area contributed by atoms with Gasteiger partial charge in [-0.3, -0.25) is 10.1 Å². The molecule has 0 saturated carbocycles. The van der Waals surface area contributed by atoms with Crippen molar-refractivity contribution in [3.8, 4) is 5.75 Å². The van der Waals surface area contributed by atoms with E-state index in [2.05, 4.69) is 40.4 Å². The maximum Gasteiger partial charge on any atom is 0.151 e. The quantitative estimate of drug-likeness (QED) is 0.693. The van der Waals surface area contributed by atoms with Gasteiger partial charge >= 0.3 is 0 Å². The van der Waals surface area contributed by atoms with Crippen LogP contribution in [0.1, 0.15) is 29.3 Å². The van der Waals surface area contributed by atoms with Crippen LogP contribution in [0.25, 0.3) is 0 Å². The van der Waals surface area contributed by atoms with Crippen LogP contribution >= 0.6 is 0 Å². The number of para-hydroxylation sites is 1. The van der Waals surface area contributed by atoms with Crippen LogP contribution in [0, 0.1) is 6.92 Å². The highest BCUT2D eigenvalue weighted by Crippen LogP contribution is 2.22. The van der Waals surface area contributed by atoms with Crippen molar-refractivity contribution in [2.45, 2.75) is 33.4 Å². The summed E-state index contributed by atoms with van der Waals surface area (Å²) in [6.07, 6.45) is 4.53. The lowest BCUT2D eigenvalue weighted by atomic mass is 10.2. The Labute approximate surface area is 142 Å². The number of benzene rings is 1. The van der Waals surface area contributed by atoms with E-state index >= 15 is 0 Å². The molecule has 0 aliphatic heterocycles. The Morgan fingerprint density at radius 3 is 2.79 bits per heavy atom. The van der Waals surface area contributed by atoms with Crippen molar-refractivity contribution in [1.82, 2.24) is 15.2 Å². The molecule has 1 aromatic carbocycles. The smallest absolute Gasteiger partial charge is 0.151 e. The third kappa shape index (κ3) is 3.74. The Bertz CT molecular complexity index is 783. The number of aryl methyl sites for hydroxylation is 1. The first-order chi connectivity index (χ1) is 11.8. The number of pyridine rings is 1. The number of rotatable bonds is 7. The monoisotopic (exact) mass is 322 g/mol. The van der Waals surface area contributed by atoms with E-state index in [9.17, 15) is 0 Å². The van der Waals surface area contributed by atoms with Crippen molar-refractivity contribution in [2.75, 3.05) is 5.32 Å². The van der Waals surface area contributed by atoms with Gasteiger partial charge < -0.3 is 10.1 Å². The molecule has 3 aromatic rings. The molecule has 24 heavy (non-hydrogen) atoms. The molecule has 0 saturated heterocycles. The minimum Gasteiger partial charge on any atom is -0.488 e. The molecule has 0 amide bonds. The summed E-state index contributed by atoms with van der Waals surface area (Å²) >= 11 is 0. The molecular formula is C19H22N4O. The Hall–Kier alpha value is -2.82. The third-order valence-electron chi connectivity index (χ3n) is 4.00. The summed E-state index contributed by atoms with van der Waals surface area (Å²) in [6, 6.07) is 12.0. The van der Waals surface area contributed by atoms with Crippen LogP contribution in [-0.2, 0) is 19.6 Å². The Balaban J connectivity index is 1.66. The molecule has 0 radical (unpaired) electrons. The molecule has 3 rings (SSSR count). The summed E-state index contributed by atoms with van der Waals surface area (Å²) < 4.78 is 5.96. The topological polar surface area (TPSA) is 62.8 Å². The number of nitrogens with zero attached hydrogens (tertiary/aromatic N) is 2. The maximum atomic E-state index is 5.96. The summed E-state index contributed by atoms with van der Waals surface area (Å²) in [5.74, 6) is 1.77. The highest BCUT2D eigenvalue weighted by Gasteiger charge is 2.09. The van der Waals surface area contributed by atoms with Crippen molar-refractivity contribution < 1.29 is 4.74 Å². The number of hydrogen-bond donors (Lipinski definition) is 2. The molecular weight excluding hydrogens is 300 g/mol. The van der Waals surface area contributed by atoms with Gasteiger partial charge in [-0.2, -0.15) is 5.10 Å². The zero-order valence-electron chi connectivity index (χ0n) is 14.0. The summed E-state index contributed by atoms with van der Waals surface area (Å²) in [7, 11) is 0. The van der Waals surface area contributed by atoms with E-state index in [-0.39, 0.29) is 0 Å². The van der Waals surface area contributed by atoms with Crippen molar-refractivity contribution in [3.63, 3.8) is 0 Å². The Morgan fingerprint density at radius 2 is 2.04 bits per heavy atom. The molecule has 0 atom stereocenters. The van der Waals surface area contributed by atoms with E-state index < -0.39 is 0 Å². The predicted octanol–water partition coefficient (Wildman–Crippen LogP) is 3.87. The summed E-state index contributed by atoms with van der Waals surface area (Å²) in [5.41, 5.74) is 4.49. The van der Waals surface area contributed by atoms with E-state index in [1.165, 1.54) is 11.3 Å². The van der Waals surface area contributed by atoms with Crippen molar-refractivity contribution in [1.29, 1.82) is 0 Å². The maximum absolute atomic E-state index is 5.96. The highest BCUT2D eigenvalue weighted by atomic mass is 16.5. The van der Waals surface area contributed by atoms with E-state index in [4.69, 9.17) is 4.74 Å². The van der Waals surface area contributed by atoms with Gasteiger partial charge in [0.05, 0.1) is 0 Å². The van der Waals surface area contributed by atoms with E-state index in [0.29, 0.717) is 13.2 Å². The van der Waals surface area contributed by atoms with Gasteiger partial charge in [0.15, 0.2) is 5.82 Å². The second-order valence-corrected chi connectivity index (χ2v) is 5.64. The molecule has 124 valence electrons. The zero-order chi connectivity index (χ0) is 16.8. The van der Waals surface area contributed by atoms with Gasteiger partial charge in [0.1, 0.15) is 12.4 Å². The van der Waals surface area contributed by atoms with Gasteiger partial charge in [0.2, 0.25) is 0 Å². The molecule has 5 heteroatoms. The molecule has 2 heterocycles. The molecule has 0 spiro atoms. The lowest BCUT2D eigenvalue weighted by molar-refractivity contribution is 0.303. The molecule has 0 unspecified atom stereocenters. The zero-order valence-corrected chi connectivity index (χ0v) is 14.0. The second kappa shape index (κ2) is 7.64. The number of H-pyrrole nitrogens is 1. The number of hydrogen-bond acceptors (Lipinski definition) is 4. The lowest BCUT2D eigenvalue weighted by Crippen LogP contribution is -2.04. The minimum atomic E-state index is 0.506. The van der Waals surface area contributed by atoms with Crippen LogP contribution in [0.5, 0.6) is 5.75 Å². The average molecular weight is 322 g/mol. The average Bonchev–Trinajstić information content (AvgIpc) is 2.99. The number of anilines is 1. The van der Waals surface area contributed by atoms with Gasteiger partial charge in [-0.25, -0.2) is 0 Å². The van der Waals surface area contributed by atoms with Gasteiger partial charge in [-0.15, -0.1) is 0 Å². The third-order valence-corrected chi connectivity index (χ3v) is 4.00. The van der Waals surface area contributed by atoms with Crippen molar-refractivity contribution >= 4 is 5.82 Å². The van der Waals surface area contributed by atoms with Crippen LogP contribution < -0.4 is 10.1 Å². The fraction of sp³-hybridized carbons (Fsp3) is 0.263. The van der Waals surface area contributed by atoms with Crippen LogP contribution in [0.2, 0.25) is 0 Å². The summed E-state index contributed by atoms with van der Waals surface area (Å²) in [4.78, 5) is 4.11. The van der Waals surface area contributed by atoms with Crippen LogP contribution in [-0.4, -0.2) is 15.2 Å². The number of ether oxygens (including phenoxy) is 1. The fourth-order valence-electron chi connectivity index (χ4n) is 2.56. The number of aromatic amines is 1. The highest BCUT2D eigenvalue weighted by molar-refractivity contribution is 5.47. The number of nitrogens with one attached hydrogen (secondary N) is 2. The molecule has 0 aliphatic rings. The van der Waals surface area contributed by atoms with Crippen molar-refractivity contribution in [2.24, 2.45) is 0 Å². The first-order valence-corrected chi connectivity index (χ1v) is 8.15. The number of aromatic nitrogens is 3. The van der Waals surface area contributed by atoms with Gasteiger partial charge in [-0.05, 0) is 25.5 Å². The van der Waals surface area contributed by atoms with E-state index in [1.807, 2.05) is 36.5 Å². The van der Waals surface area contributed by atoms with Crippen molar-refractivity contribution in [3.05, 3.63) is 71.2 Å². The molecule has 0 fully saturated rings. The molecule has 0 bridgehead atoms. The molecule has 0 aliphatic carbocycles. The van der Waals surface area contributed by atoms with Gasteiger partial charge in [0, 0.05) is 41.3 Å². The molecule has 5 nitrogen and oxygen atoms in total. The second-order valence-electron chi connectivity index (χ2n) is 5.64. The first-order valence-electron chi connectivity index (χ1n) is 8.15. The standard InChI is InChI=1S/C19H22N4O/c1-3-17-14(2)19(23-22-17)21-12-16-8-4-5-9-18(16)24-13-15-7-6-10-20-11-15/h4-11H,3,12-13H2,1-2H3,(H2,21,22,23). The first kappa shape index (κ1) is 16.1. The van der Waals surface area contributed by atoms with E-state index in [1.54, 1.807) is 6.20 Å². The lowest BCUT2D eigenvalue weighted by Gasteiger charge is -2.12. The molecule has 2 aromatic heterocycles. The van der Waals surface area contributed by atoms with Gasteiger partial charge in [0.25, 0.3) is 0 Å². The predicted molar refractivity (Wildman–Crippen MR) is 95.0 cm³/mol. The molecule has 2 N–H and O–H groups in total. The normalized spacial score (nSPS) is 10.6.